The molecule has 0 unspecified atom stereocenters. The van der Waals surface area contributed by atoms with Crippen LogP contribution in [0.4, 0.5) is 0 Å². The van der Waals surface area contributed by atoms with Crippen molar-refractivity contribution >= 4 is 11.0 Å². The van der Waals surface area contributed by atoms with Crippen molar-refractivity contribution < 1.29 is 12.6 Å². The number of rotatable bonds is 5. The second-order valence-electron chi connectivity index (χ2n) is 1.84. The van der Waals surface area contributed by atoms with Gasteiger partial charge in [-0.1, -0.05) is 13.3 Å². The van der Waals surface area contributed by atoms with E-state index in [9.17, 15) is 8.42 Å². The Morgan fingerprint density at radius 1 is 1.50 bits per heavy atom. The van der Waals surface area contributed by atoms with E-state index in [0.29, 0.717) is 0 Å². The maximum atomic E-state index is 9.80. The molecule has 0 atom stereocenters. The Bertz CT molecular complexity index is 152. The molecule has 0 aromatic rings. The first kappa shape index (κ1) is 9.49. The minimum Gasteiger partial charge on any atom is -0.393 e. The molecule has 0 rings (SSSR count). The highest BCUT2D eigenvalue weighted by Gasteiger charge is 1.78. The van der Waals surface area contributed by atoms with Crippen molar-refractivity contribution in [1.29, 1.82) is 0 Å². The molecule has 3 nitrogen and oxygen atoms in total. The molecule has 0 heterocycles. The lowest BCUT2D eigenvalue weighted by Gasteiger charge is -1.87. The third-order valence-corrected chi connectivity index (χ3v) is 1.26. The molecule has 4 heteroatoms. The second kappa shape index (κ2) is 6.61. The Kier molecular flexibility index (Phi) is 6.27. The lowest BCUT2D eigenvalue weighted by atomic mass is 10.2. The monoisotopic (exact) mass is 164 g/mol. The van der Waals surface area contributed by atoms with Gasteiger partial charge in [0, 0.05) is 0 Å². The Balaban J connectivity index is 3.20. The summed E-state index contributed by atoms with van der Waals surface area (Å²) in [5.74, 6) is 0. The maximum absolute atomic E-state index is 9.80. The van der Waals surface area contributed by atoms with Crippen molar-refractivity contribution in [2.75, 3.05) is 0 Å². The number of hydrogen-bond donors (Lipinski definition) is 1. The van der Waals surface area contributed by atoms with Crippen LogP contribution in [0, 0.1) is 0 Å². The molecule has 0 spiro atoms. The molecular formula is C6H12O3S. The standard InChI is InChI=1S/C6H12O3S/c1-2-3-4-5-6-9-10(7)8/h5-6,10H,2-4H2,1H3. The number of hydrogen-bond acceptors (Lipinski definition) is 3. The van der Waals surface area contributed by atoms with E-state index in [0.717, 1.165) is 19.3 Å². The molecule has 0 fully saturated rings. The molecule has 0 saturated heterocycles. The van der Waals surface area contributed by atoms with Crippen LogP contribution in [0.3, 0.4) is 0 Å². The van der Waals surface area contributed by atoms with Crippen LogP contribution >= 0.6 is 0 Å². The lowest BCUT2D eigenvalue weighted by Crippen LogP contribution is -1.75. The molecule has 10 heavy (non-hydrogen) atoms. The fourth-order valence-corrected chi connectivity index (χ4v) is 0.668. The van der Waals surface area contributed by atoms with Gasteiger partial charge < -0.3 is 4.18 Å². The van der Waals surface area contributed by atoms with Crippen LogP contribution in [0.25, 0.3) is 0 Å². The van der Waals surface area contributed by atoms with E-state index in [-0.39, 0.29) is 0 Å². The van der Waals surface area contributed by atoms with Gasteiger partial charge in [-0.15, -0.1) is 0 Å². The summed E-state index contributed by atoms with van der Waals surface area (Å²) in [6, 6.07) is 0. The van der Waals surface area contributed by atoms with Crippen molar-refractivity contribution in [3.63, 3.8) is 0 Å². The van der Waals surface area contributed by atoms with E-state index in [2.05, 4.69) is 11.1 Å². The first-order valence-corrected chi connectivity index (χ1v) is 4.33. The molecule has 0 bridgehead atoms. The van der Waals surface area contributed by atoms with Gasteiger partial charge in [-0.25, -0.2) is 0 Å². The third kappa shape index (κ3) is 7.49. The van der Waals surface area contributed by atoms with Crippen molar-refractivity contribution in [2.24, 2.45) is 0 Å². The van der Waals surface area contributed by atoms with E-state index >= 15 is 0 Å². The van der Waals surface area contributed by atoms with E-state index < -0.39 is 11.0 Å². The summed E-state index contributed by atoms with van der Waals surface area (Å²) in [6.07, 6.45) is 5.96. The van der Waals surface area contributed by atoms with Gasteiger partial charge in [-0.05, 0) is 18.9 Å². The Hall–Kier alpha value is -0.510. The molecule has 0 amide bonds. The number of allylic oxidation sites excluding steroid dienone is 1. The molecule has 0 aromatic heterocycles. The zero-order chi connectivity index (χ0) is 7.82. The van der Waals surface area contributed by atoms with Gasteiger partial charge in [-0.2, -0.15) is 8.42 Å². The van der Waals surface area contributed by atoms with Crippen LogP contribution in [-0.4, -0.2) is 8.42 Å². The highest BCUT2D eigenvalue weighted by molar-refractivity contribution is 7.67. The molecule has 0 N–H and O–H groups in total. The third-order valence-electron chi connectivity index (χ3n) is 0.967. The molecule has 0 aromatic carbocycles. The lowest BCUT2D eigenvalue weighted by molar-refractivity contribution is 0.465. The van der Waals surface area contributed by atoms with E-state index in [1.165, 1.54) is 6.26 Å². The maximum Gasteiger partial charge on any atom is 0.298 e. The molecule has 0 aliphatic rings. The average Bonchev–Trinajstić information content (AvgIpc) is 1.87. The summed E-state index contributed by atoms with van der Waals surface area (Å²) in [6.45, 7) is 2.07. The van der Waals surface area contributed by atoms with Gasteiger partial charge in [0.25, 0.3) is 11.0 Å². The van der Waals surface area contributed by atoms with Crippen molar-refractivity contribution in [3.8, 4) is 0 Å². The van der Waals surface area contributed by atoms with Gasteiger partial charge in [0.15, 0.2) is 0 Å². The molecule has 0 saturated carbocycles. The van der Waals surface area contributed by atoms with Gasteiger partial charge in [-0.3, -0.25) is 0 Å². The predicted molar refractivity (Wildman–Crippen MR) is 40.1 cm³/mol. The van der Waals surface area contributed by atoms with Crippen LogP contribution in [-0.2, 0) is 15.2 Å². The largest absolute Gasteiger partial charge is 0.393 e. The van der Waals surface area contributed by atoms with E-state index in [1.807, 2.05) is 0 Å². The Morgan fingerprint density at radius 2 is 2.20 bits per heavy atom. The summed E-state index contributed by atoms with van der Waals surface area (Å²) >= 11 is 0. The van der Waals surface area contributed by atoms with E-state index in [4.69, 9.17) is 0 Å². The number of unbranched alkanes of at least 4 members (excludes halogenated alkanes) is 2. The zero-order valence-corrected chi connectivity index (χ0v) is 6.84. The predicted octanol–water partition coefficient (Wildman–Crippen LogP) is 1.23. The van der Waals surface area contributed by atoms with Crippen molar-refractivity contribution in [1.82, 2.24) is 0 Å². The van der Waals surface area contributed by atoms with Crippen LogP contribution in [0.2, 0.25) is 0 Å². The molecular weight excluding hydrogens is 152 g/mol. The normalized spacial score (nSPS) is 11.0. The van der Waals surface area contributed by atoms with Crippen LogP contribution < -0.4 is 0 Å². The zero-order valence-electron chi connectivity index (χ0n) is 5.95. The summed E-state index contributed by atoms with van der Waals surface area (Å²) in [7, 11) is -2.71. The van der Waals surface area contributed by atoms with Crippen molar-refractivity contribution in [2.45, 2.75) is 26.2 Å². The molecule has 60 valence electrons. The first-order valence-electron chi connectivity index (χ1n) is 3.23. The second-order valence-corrected chi connectivity index (χ2v) is 2.50. The SMILES string of the molecule is CCCCC=CO[SH](=O)=O. The summed E-state index contributed by atoms with van der Waals surface area (Å²) < 4.78 is 23.8. The average molecular weight is 164 g/mol. The van der Waals surface area contributed by atoms with Gasteiger partial charge in [0.05, 0.1) is 0 Å². The smallest absolute Gasteiger partial charge is 0.298 e. The Labute approximate surface area is 62.9 Å². The quantitative estimate of drug-likeness (QED) is 0.377. The molecule has 0 aliphatic carbocycles. The van der Waals surface area contributed by atoms with Gasteiger partial charge in [0.1, 0.15) is 6.26 Å². The fourth-order valence-electron chi connectivity index (χ4n) is 0.483. The molecule has 0 radical (unpaired) electrons. The first-order chi connectivity index (χ1) is 4.77. The minimum atomic E-state index is -2.71. The molecule has 0 aliphatic heterocycles. The minimum absolute atomic E-state index is 0.875. The highest BCUT2D eigenvalue weighted by atomic mass is 32.2. The van der Waals surface area contributed by atoms with Crippen LogP contribution in [0.15, 0.2) is 12.3 Å². The summed E-state index contributed by atoms with van der Waals surface area (Å²) in [5, 5.41) is 0. The topological polar surface area (TPSA) is 43.4 Å². The van der Waals surface area contributed by atoms with Crippen LogP contribution in [0.5, 0.6) is 0 Å². The fraction of sp³-hybridized carbons (Fsp3) is 0.667. The van der Waals surface area contributed by atoms with Gasteiger partial charge >= 0.3 is 0 Å². The highest BCUT2D eigenvalue weighted by Crippen LogP contribution is 1.94. The van der Waals surface area contributed by atoms with E-state index in [1.54, 1.807) is 6.08 Å². The van der Waals surface area contributed by atoms with Crippen molar-refractivity contribution in [3.05, 3.63) is 12.3 Å². The van der Waals surface area contributed by atoms with Gasteiger partial charge in [0.2, 0.25) is 0 Å². The Morgan fingerprint density at radius 3 is 2.70 bits per heavy atom. The number of thiol groups is 1. The van der Waals surface area contributed by atoms with Crippen LogP contribution in [0.1, 0.15) is 26.2 Å². The summed E-state index contributed by atoms with van der Waals surface area (Å²) in [4.78, 5) is 0. The summed E-state index contributed by atoms with van der Waals surface area (Å²) in [5.41, 5.74) is 0.